The number of hydrogen-bond donors (Lipinski definition) is 1. The second-order valence-electron chi connectivity index (χ2n) is 7.26. The van der Waals surface area contributed by atoms with Gasteiger partial charge in [0.05, 0.1) is 19.5 Å². The summed E-state index contributed by atoms with van der Waals surface area (Å²) in [7, 11) is -3.51. The molecule has 162 valence electrons. The maximum Gasteiger partial charge on any atom is 0.264 e. The molecule has 0 fully saturated rings. The summed E-state index contributed by atoms with van der Waals surface area (Å²) in [5.74, 6) is -0.154. The Bertz CT molecular complexity index is 1020. The molecule has 0 aliphatic carbocycles. The van der Waals surface area contributed by atoms with E-state index in [0.717, 1.165) is 28.5 Å². The Morgan fingerprint density at radius 1 is 1.07 bits per heavy atom. The van der Waals surface area contributed by atoms with Crippen molar-refractivity contribution in [1.82, 2.24) is 0 Å². The van der Waals surface area contributed by atoms with Crippen molar-refractivity contribution in [3.05, 3.63) is 65.2 Å². The molecular formula is C23H28O6S. The zero-order valence-electron chi connectivity index (χ0n) is 17.7. The largest absolute Gasteiger partial charge is 0.508 e. The van der Waals surface area contributed by atoms with Gasteiger partial charge in [0.15, 0.2) is 0 Å². The van der Waals surface area contributed by atoms with Crippen LogP contribution in [-0.4, -0.2) is 38.8 Å². The van der Waals surface area contributed by atoms with Crippen LogP contribution >= 0.6 is 0 Å². The van der Waals surface area contributed by atoms with Gasteiger partial charge >= 0.3 is 0 Å². The molecule has 0 unspecified atom stereocenters. The smallest absolute Gasteiger partial charge is 0.264 e. The van der Waals surface area contributed by atoms with E-state index in [9.17, 15) is 13.5 Å². The summed E-state index contributed by atoms with van der Waals surface area (Å²) in [6, 6.07) is 11.0. The molecule has 0 spiro atoms. The van der Waals surface area contributed by atoms with Crippen LogP contribution in [0, 0.1) is 6.92 Å². The van der Waals surface area contributed by atoms with Gasteiger partial charge in [-0.1, -0.05) is 36.9 Å². The van der Waals surface area contributed by atoms with Gasteiger partial charge in [0.25, 0.3) is 10.1 Å². The lowest BCUT2D eigenvalue weighted by Crippen LogP contribution is -2.33. The van der Waals surface area contributed by atoms with E-state index in [4.69, 9.17) is 9.47 Å². The molecule has 0 amide bonds. The van der Waals surface area contributed by atoms with E-state index in [-0.39, 0.29) is 19.0 Å². The van der Waals surface area contributed by atoms with E-state index in [1.807, 2.05) is 49.4 Å². The molecule has 1 N–H and O–H groups in total. The minimum Gasteiger partial charge on any atom is -0.508 e. The Kier molecular flexibility index (Phi) is 7.83. The van der Waals surface area contributed by atoms with Crippen molar-refractivity contribution in [3.8, 4) is 11.5 Å². The van der Waals surface area contributed by atoms with Crippen LogP contribution in [-0.2, 0) is 19.0 Å². The molecule has 0 atom stereocenters. The molecule has 0 saturated heterocycles. The van der Waals surface area contributed by atoms with Crippen LogP contribution in [0.4, 0.5) is 0 Å². The van der Waals surface area contributed by atoms with Crippen LogP contribution in [0.5, 0.6) is 11.5 Å². The number of hydrogen-bond acceptors (Lipinski definition) is 6. The molecular weight excluding hydrogens is 404 g/mol. The van der Waals surface area contributed by atoms with Gasteiger partial charge in [-0.15, -0.1) is 0 Å². The van der Waals surface area contributed by atoms with Gasteiger partial charge in [-0.3, -0.25) is 4.18 Å². The number of aromatic hydroxyl groups is 1. The second kappa shape index (κ2) is 9.93. The normalized spacial score (nSPS) is 12.3. The number of ether oxygens (including phenoxy) is 2. The summed E-state index contributed by atoms with van der Waals surface area (Å²) >= 11 is 0. The summed E-state index contributed by atoms with van der Waals surface area (Å²) < 4.78 is 38.5. The highest BCUT2D eigenvalue weighted by Gasteiger charge is 2.22. The van der Waals surface area contributed by atoms with Crippen LogP contribution in [0.1, 0.15) is 36.1 Å². The number of benzene rings is 2. The Morgan fingerprint density at radius 2 is 1.77 bits per heavy atom. The predicted octanol–water partition coefficient (Wildman–Crippen LogP) is 4.62. The van der Waals surface area contributed by atoms with Gasteiger partial charge in [-0.2, -0.15) is 8.42 Å². The molecule has 0 radical (unpaired) electrons. The molecule has 30 heavy (non-hydrogen) atoms. The van der Waals surface area contributed by atoms with Gasteiger partial charge in [0.1, 0.15) is 11.5 Å². The molecule has 2 aromatic rings. The third-order valence-corrected chi connectivity index (χ3v) is 4.73. The van der Waals surface area contributed by atoms with Crippen LogP contribution in [0.25, 0.3) is 18.2 Å². The first kappa shape index (κ1) is 23.7. The molecule has 0 heterocycles. The van der Waals surface area contributed by atoms with Crippen LogP contribution in [0.3, 0.4) is 0 Å². The number of aryl methyl sites for hydroxylation is 1. The van der Waals surface area contributed by atoms with Crippen LogP contribution in [0.2, 0.25) is 0 Å². The van der Waals surface area contributed by atoms with Crippen LogP contribution in [0.15, 0.2) is 43.0 Å². The SMILES string of the molecule is C=Cc1ccc(OC(C)(C)OCCOS(C)(=O)=O)c(C=Cc2ccc(O)c(C)c2)c1. The Labute approximate surface area is 178 Å². The summed E-state index contributed by atoms with van der Waals surface area (Å²) in [6.07, 6.45) is 6.58. The van der Waals surface area contributed by atoms with E-state index < -0.39 is 15.9 Å². The third kappa shape index (κ3) is 7.67. The third-order valence-electron chi connectivity index (χ3n) is 4.13. The average Bonchev–Trinajstić information content (AvgIpc) is 2.66. The Hall–Kier alpha value is -2.61. The van der Waals surface area contributed by atoms with E-state index in [2.05, 4.69) is 10.8 Å². The highest BCUT2D eigenvalue weighted by Crippen LogP contribution is 2.28. The van der Waals surface area contributed by atoms with Gasteiger partial charge in [0, 0.05) is 19.4 Å². The van der Waals surface area contributed by atoms with Gasteiger partial charge in [-0.05, 0) is 47.9 Å². The number of phenolic OH excluding ortho intramolecular Hbond substituents is 1. The maximum atomic E-state index is 11.0. The van der Waals surface area contributed by atoms with Crippen LogP contribution < -0.4 is 4.74 Å². The zero-order valence-corrected chi connectivity index (χ0v) is 18.5. The fourth-order valence-corrected chi connectivity index (χ4v) is 3.02. The van der Waals surface area contributed by atoms with Crippen molar-refractivity contribution in [2.45, 2.75) is 26.6 Å². The summed E-state index contributed by atoms with van der Waals surface area (Å²) in [5.41, 5.74) is 3.49. The second-order valence-corrected chi connectivity index (χ2v) is 8.90. The Balaban J connectivity index is 2.18. The molecule has 0 aliphatic heterocycles. The average molecular weight is 433 g/mol. The summed E-state index contributed by atoms with van der Waals surface area (Å²) in [5, 5.41) is 9.69. The molecule has 0 aromatic heterocycles. The Morgan fingerprint density at radius 3 is 2.40 bits per heavy atom. The molecule has 0 bridgehead atoms. The zero-order chi connectivity index (χ0) is 22.4. The first-order valence-electron chi connectivity index (χ1n) is 9.41. The topological polar surface area (TPSA) is 82.1 Å². The first-order valence-corrected chi connectivity index (χ1v) is 11.2. The molecule has 2 rings (SSSR count). The lowest BCUT2D eigenvalue weighted by Gasteiger charge is -2.27. The lowest BCUT2D eigenvalue weighted by molar-refractivity contribution is -0.160. The van der Waals surface area contributed by atoms with E-state index in [0.29, 0.717) is 5.75 Å². The van der Waals surface area contributed by atoms with Crippen molar-refractivity contribution in [1.29, 1.82) is 0 Å². The van der Waals surface area contributed by atoms with Crippen molar-refractivity contribution in [2.24, 2.45) is 0 Å². The molecule has 7 heteroatoms. The van der Waals surface area contributed by atoms with Crippen molar-refractivity contribution in [3.63, 3.8) is 0 Å². The molecule has 6 nitrogen and oxygen atoms in total. The minimum absolute atomic E-state index is 0.0583. The van der Waals surface area contributed by atoms with E-state index in [1.165, 1.54) is 0 Å². The fraction of sp³-hybridized carbons (Fsp3) is 0.304. The highest BCUT2D eigenvalue weighted by molar-refractivity contribution is 7.85. The minimum atomic E-state index is -3.51. The quantitative estimate of drug-likeness (QED) is 0.255. The van der Waals surface area contributed by atoms with Gasteiger partial charge < -0.3 is 14.6 Å². The fourth-order valence-electron chi connectivity index (χ4n) is 2.65. The first-order chi connectivity index (χ1) is 14.0. The molecule has 0 aliphatic rings. The number of rotatable bonds is 10. The monoisotopic (exact) mass is 432 g/mol. The van der Waals surface area contributed by atoms with Gasteiger partial charge in [0.2, 0.25) is 5.79 Å². The predicted molar refractivity (Wildman–Crippen MR) is 120 cm³/mol. The van der Waals surface area contributed by atoms with Crippen molar-refractivity contribution in [2.75, 3.05) is 19.5 Å². The van der Waals surface area contributed by atoms with E-state index in [1.54, 1.807) is 26.0 Å². The van der Waals surface area contributed by atoms with E-state index >= 15 is 0 Å². The number of phenols is 1. The highest BCUT2D eigenvalue weighted by atomic mass is 32.2. The standard InChI is InChI=1S/C23H28O6S/c1-6-18-9-12-22(29-23(3,4)27-13-14-28-30(5,25)26)20(16-18)10-7-19-8-11-21(24)17(2)15-19/h6-12,15-16,24H,1,13-14H2,2-5H3. The van der Waals surface area contributed by atoms with Crippen molar-refractivity contribution < 1.29 is 27.2 Å². The van der Waals surface area contributed by atoms with Crippen molar-refractivity contribution >= 4 is 28.3 Å². The summed E-state index contributed by atoms with van der Waals surface area (Å²) in [6.45, 7) is 9.10. The lowest BCUT2D eigenvalue weighted by atomic mass is 10.1. The maximum absolute atomic E-state index is 11.0. The molecule has 0 saturated carbocycles. The molecule has 2 aromatic carbocycles. The summed E-state index contributed by atoms with van der Waals surface area (Å²) in [4.78, 5) is 0. The van der Waals surface area contributed by atoms with Gasteiger partial charge in [-0.25, -0.2) is 0 Å².